The minimum Gasteiger partial charge on any atom is -0.493 e. The van der Waals surface area contributed by atoms with Crippen LogP contribution < -0.4 is 10.1 Å². The molecule has 0 bridgehead atoms. The number of rotatable bonds is 2. The maximum atomic E-state index is 12.6. The van der Waals surface area contributed by atoms with Gasteiger partial charge in [0, 0.05) is 11.8 Å². The highest BCUT2D eigenvalue weighted by Gasteiger charge is 2.23. The molecule has 0 fully saturated rings. The number of aromatic nitrogens is 2. The van der Waals surface area contributed by atoms with Crippen LogP contribution in [0.15, 0.2) is 42.6 Å². The van der Waals surface area contributed by atoms with Gasteiger partial charge in [0.15, 0.2) is 5.01 Å². The number of para-hydroxylation sites is 1. The molecule has 3 aromatic rings. The standard InChI is InChI=1S/C17H15N3O2S/c21-15(17-20-13-6-3-9-18-16(13)23-17)19-12-7-4-10-22-14-8-2-1-5-11(12)14/h1-3,5-6,8-9,12H,4,7,10H2,(H,19,21). The van der Waals surface area contributed by atoms with Crippen molar-refractivity contribution in [2.45, 2.75) is 18.9 Å². The summed E-state index contributed by atoms with van der Waals surface area (Å²) in [6.07, 6.45) is 3.47. The second kappa shape index (κ2) is 5.96. The van der Waals surface area contributed by atoms with E-state index in [4.69, 9.17) is 4.74 Å². The van der Waals surface area contributed by atoms with Gasteiger partial charge in [-0.25, -0.2) is 9.97 Å². The van der Waals surface area contributed by atoms with Crippen LogP contribution in [-0.2, 0) is 0 Å². The summed E-state index contributed by atoms with van der Waals surface area (Å²) in [6, 6.07) is 11.5. The fraction of sp³-hybridized carbons (Fsp3) is 0.235. The highest BCUT2D eigenvalue weighted by atomic mass is 32.1. The van der Waals surface area contributed by atoms with Crippen LogP contribution >= 0.6 is 11.3 Å². The van der Waals surface area contributed by atoms with Gasteiger partial charge in [0.2, 0.25) is 0 Å². The van der Waals surface area contributed by atoms with Crippen molar-refractivity contribution >= 4 is 27.6 Å². The number of hydrogen-bond acceptors (Lipinski definition) is 5. The predicted octanol–water partition coefficient (Wildman–Crippen LogP) is 3.34. The number of fused-ring (bicyclic) bond motifs is 2. The topological polar surface area (TPSA) is 64.1 Å². The third kappa shape index (κ3) is 2.77. The lowest BCUT2D eigenvalue weighted by atomic mass is 10.0. The molecule has 1 amide bonds. The number of ether oxygens (including phenoxy) is 1. The van der Waals surface area contributed by atoms with Crippen LogP contribution in [0, 0.1) is 0 Å². The summed E-state index contributed by atoms with van der Waals surface area (Å²) < 4.78 is 5.74. The molecule has 0 saturated heterocycles. The van der Waals surface area contributed by atoms with E-state index < -0.39 is 0 Å². The second-order valence-electron chi connectivity index (χ2n) is 5.40. The molecule has 1 aliphatic heterocycles. The zero-order valence-electron chi connectivity index (χ0n) is 12.4. The third-order valence-corrected chi connectivity index (χ3v) is 4.83. The molecular weight excluding hydrogens is 310 g/mol. The molecule has 4 rings (SSSR count). The maximum Gasteiger partial charge on any atom is 0.280 e. The van der Waals surface area contributed by atoms with Gasteiger partial charge in [-0.15, -0.1) is 0 Å². The molecule has 0 aliphatic carbocycles. The van der Waals surface area contributed by atoms with Gasteiger partial charge in [-0.05, 0) is 31.0 Å². The zero-order chi connectivity index (χ0) is 15.6. The lowest BCUT2D eigenvalue weighted by Gasteiger charge is -2.17. The highest BCUT2D eigenvalue weighted by molar-refractivity contribution is 7.19. The van der Waals surface area contributed by atoms with E-state index in [1.807, 2.05) is 36.4 Å². The molecule has 116 valence electrons. The maximum absolute atomic E-state index is 12.6. The lowest BCUT2D eigenvalue weighted by molar-refractivity contribution is 0.0934. The van der Waals surface area contributed by atoms with E-state index in [1.54, 1.807) is 6.20 Å². The Morgan fingerprint density at radius 2 is 2.17 bits per heavy atom. The lowest BCUT2D eigenvalue weighted by Crippen LogP contribution is -2.28. The molecule has 1 atom stereocenters. The van der Waals surface area contributed by atoms with Gasteiger partial charge >= 0.3 is 0 Å². The van der Waals surface area contributed by atoms with Crippen LogP contribution in [0.4, 0.5) is 0 Å². The third-order valence-electron chi connectivity index (χ3n) is 3.86. The minimum atomic E-state index is -0.158. The number of hydrogen-bond donors (Lipinski definition) is 1. The van der Waals surface area contributed by atoms with Crippen LogP contribution in [0.1, 0.15) is 34.2 Å². The molecule has 5 nitrogen and oxygen atoms in total. The Morgan fingerprint density at radius 1 is 1.26 bits per heavy atom. The van der Waals surface area contributed by atoms with Crippen molar-refractivity contribution in [2.24, 2.45) is 0 Å². The van der Waals surface area contributed by atoms with Crippen molar-refractivity contribution in [3.05, 3.63) is 53.2 Å². The SMILES string of the molecule is O=C(NC1CCCOc2ccccc21)c1nc2cccnc2s1. The van der Waals surface area contributed by atoms with Gasteiger partial charge in [0.25, 0.3) is 5.91 Å². The van der Waals surface area contributed by atoms with Crippen LogP contribution in [-0.4, -0.2) is 22.5 Å². The number of amides is 1. The number of nitrogens with zero attached hydrogens (tertiary/aromatic N) is 2. The van der Waals surface area contributed by atoms with E-state index >= 15 is 0 Å². The summed E-state index contributed by atoms with van der Waals surface area (Å²) in [5, 5.41) is 3.54. The Labute approximate surface area is 137 Å². The van der Waals surface area contributed by atoms with Crippen molar-refractivity contribution in [3.63, 3.8) is 0 Å². The fourth-order valence-electron chi connectivity index (χ4n) is 2.76. The van der Waals surface area contributed by atoms with E-state index in [1.165, 1.54) is 11.3 Å². The smallest absolute Gasteiger partial charge is 0.280 e. The van der Waals surface area contributed by atoms with Gasteiger partial charge in [-0.3, -0.25) is 4.79 Å². The van der Waals surface area contributed by atoms with Crippen molar-refractivity contribution in [2.75, 3.05) is 6.61 Å². The van der Waals surface area contributed by atoms with Crippen molar-refractivity contribution < 1.29 is 9.53 Å². The van der Waals surface area contributed by atoms with Crippen molar-refractivity contribution in [1.29, 1.82) is 0 Å². The summed E-state index contributed by atoms with van der Waals surface area (Å²) in [5.41, 5.74) is 1.78. The highest BCUT2D eigenvalue weighted by Crippen LogP contribution is 2.31. The van der Waals surface area contributed by atoms with Crippen LogP contribution in [0.2, 0.25) is 0 Å². The van der Waals surface area contributed by atoms with E-state index in [-0.39, 0.29) is 11.9 Å². The van der Waals surface area contributed by atoms with Gasteiger partial charge < -0.3 is 10.1 Å². The molecular formula is C17H15N3O2S. The minimum absolute atomic E-state index is 0.0545. The molecule has 0 saturated carbocycles. The monoisotopic (exact) mass is 325 g/mol. The van der Waals surface area contributed by atoms with Gasteiger partial charge in [-0.1, -0.05) is 29.5 Å². The number of thiazole rings is 1. The molecule has 23 heavy (non-hydrogen) atoms. The largest absolute Gasteiger partial charge is 0.493 e. The number of nitrogens with one attached hydrogen (secondary N) is 1. The van der Waals surface area contributed by atoms with E-state index in [2.05, 4.69) is 15.3 Å². The van der Waals surface area contributed by atoms with Crippen LogP contribution in [0.3, 0.4) is 0 Å². The van der Waals surface area contributed by atoms with Crippen molar-refractivity contribution in [1.82, 2.24) is 15.3 Å². The number of pyridine rings is 1. The van der Waals surface area contributed by atoms with Gasteiger partial charge in [0.1, 0.15) is 16.1 Å². The number of benzene rings is 1. The Hall–Kier alpha value is -2.47. The average molecular weight is 325 g/mol. The second-order valence-corrected chi connectivity index (χ2v) is 6.38. The first-order valence-corrected chi connectivity index (χ1v) is 8.37. The molecule has 1 unspecified atom stereocenters. The summed E-state index contributed by atoms with van der Waals surface area (Å²) in [7, 11) is 0. The summed E-state index contributed by atoms with van der Waals surface area (Å²) in [4.78, 5) is 22.0. The van der Waals surface area contributed by atoms with Crippen LogP contribution in [0.25, 0.3) is 10.3 Å². The Balaban J connectivity index is 1.61. The quantitative estimate of drug-likeness (QED) is 0.785. The molecule has 3 heterocycles. The first-order valence-electron chi connectivity index (χ1n) is 7.55. The summed E-state index contributed by atoms with van der Waals surface area (Å²) >= 11 is 1.31. The molecule has 1 N–H and O–H groups in total. The molecule has 0 spiro atoms. The molecule has 1 aromatic carbocycles. The molecule has 6 heteroatoms. The Morgan fingerprint density at radius 3 is 3.09 bits per heavy atom. The van der Waals surface area contributed by atoms with E-state index in [0.29, 0.717) is 11.6 Å². The first-order chi connectivity index (χ1) is 11.3. The van der Waals surface area contributed by atoms with Gasteiger partial charge in [0.05, 0.1) is 12.6 Å². The summed E-state index contributed by atoms with van der Waals surface area (Å²) in [5.74, 6) is 0.691. The predicted molar refractivity (Wildman–Crippen MR) is 88.8 cm³/mol. The van der Waals surface area contributed by atoms with Crippen molar-refractivity contribution in [3.8, 4) is 5.75 Å². The first kappa shape index (κ1) is 14.1. The van der Waals surface area contributed by atoms with E-state index in [9.17, 15) is 4.79 Å². The van der Waals surface area contributed by atoms with E-state index in [0.717, 1.165) is 34.5 Å². The normalized spacial score (nSPS) is 17.1. The average Bonchev–Trinajstić information content (AvgIpc) is 2.92. The van der Waals surface area contributed by atoms with Crippen LogP contribution in [0.5, 0.6) is 5.75 Å². The number of carbonyl (C=O) groups is 1. The molecule has 2 aromatic heterocycles. The Kier molecular flexibility index (Phi) is 3.67. The molecule has 1 aliphatic rings. The van der Waals surface area contributed by atoms with Gasteiger partial charge in [-0.2, -0.15) is 0 Å². The Bertz CT molecular complexity index is 829. The fourth-order valence-corrected chi connectivity index (χ4v) is 3.57. The molecule has 0 radical (unpaired) electrons. The zero-order valence-corrected chi connectivity index (χ0v) is 13.2. The summed E-state index contributed by atoms with van der Waals surface area (Å²) in [6.45, 7) is 0.675. The number of carbonyl (C=O) groups excluding carboxylic acids is 1.